The van der Waals surface area contributed by atoms with E-state index < -0.39 is 11.3 Å². The van der Waals surface area contributed by atoms with Crippen LogP contribution in [0.4, 0.5) is 5.69 Å². The molecule has 110 valence electrons. The summed E-state index contributed by atoms with van der Waals surface area (Å²) in [7, 11) is 0. The summed E-state index contributed by atoms with van der Waals surface area (Å²) < 4.78 is 0. The second-order valence-electron chi connectivity index (χ2n) is 5.00. The quantitative estimate of drug-likeness (QED) is 0.750. The van der Waals surface area contributed by atoms with Crippen molar-refractivity contribution >= 4 is 40.7 Å². The molecule has 0 bridgehead atoms. The zero-order valence-corrected chi connectivity index (χ0v) is 12.8. The fourth-order valence-electron chi connectivity index (χ4n) is 1.38. The maximum Gasteiger partial charge on any atom is 0.238 e. The summed E-state index contributed by atoms with van der Waals surface area (Å²) in [6.45, 7) is 3.72. The van der Waals surface area contributed by atoms with Crippen molar-refractivity contribution in [3.8, 4) is 0 Å². The largest absolute Gasteiger partial charge is 0.369 e. The summed E-state index contributed by atoms with van der Waals surface area (Å²) in [5.74, 6) is -0.736. The lowest BCUT2D eigenvalue weighted by atomic mass is 9.93. The first-order valence-corrected chi connectivity index (χ1v) is 6.74. The van der Waals surface area contributed by atoms with Crippen LogP contribution in [0.15, 0.2) is 18.2 Å². The number of halogens is 2. The maximum atomic E-state index is 11.8. The van der Waals surface area contributed by atoms with Crippen LogP contribution < -0.4 is 16.4 Å². The zero-order valence-electron chi connectivity index (χ0n) is 11.3. The summed E-state index contributed by atoms with van der Waals surface area (Å²) >= 11 is 11.9. The number of rotatable bonds is 6. The number of primary amides is 1. The normalized spacial score (nSPS) is 11.2. The van der Waals surface area contributed by atoms with Crippen molar-refractivity contribution in [1.82, 2.24) is 5.32 Å². The third-order valence-electron chi connectivity index (χ3n) is 2.75. The minimum atomic E-state index is -0.720. The number of amides is 2. The van der Waals surface area contributed by atoms with Gasteiger partial charge in [0.15, 0.2) is 0 Å². The first kappa shape index (κ1) is 16.8. The van der Waals surface area contributed by atoms with Crippen molar-refractivity contribution in [1.29, 1.82) is 0 Å². The number of nitrogens with one attached hydrogen (secondary N) is 2. The van der Waals surface area contributed by atoms with Crippen LogP contribution in [0.25, 0.3) is 0 Å². The van der Waals surface area contributed by atoms with E-state index in [1.165, 1.54) is 0 Å². The van der Waals surface area contributed by atoms with Crippen LogP contribution in [0.3, 0.4) is 0 Å². The number of nitrogens with two attached hydrogens (primary N) is 1. The molecule has 0 heterocycles. The van der Waals surface area contributed by atoms with Crippen LogP contribution in [0, 0.1) is 5.41 Å². The summed E-state index contributed by atoms with van der Waals surface area (Å²) in [4.78, 5) is 22.9. The highest BCUT2D eigenvalue weighted by molar-refractivity contribution is 6.39. The lowest BCUT2D eigenvalue weighted by molar-refractivity contribution is -0.126. The number of anilines is 1. The van der Waals surface area contributed by atoms with Crippen LogP contribution in [0.2, 0.25) is 10.0 Å². The second-order valence-corrected chi connectivity index (χ2v) is 5.81. The molecular formula is C13H17Cl2N3O2. The van der Waals surface area contributed by atoms with Gasteiger partial charge < -0.3 is 16.4 Å². The monoisotopic (exact) mass is 317 g/mol. The van der Waals surface area contributed by atoms with Crippen LogP contribution in [-0.2, 0) is 9.59 Å². The predicted molar refractivity (Wildman–Crippen MR) is 80.9 cm³/mol. The molecule has 1 aromatic carbocycles. The van der Waals surface area contributed by atoms with Crippen molar-refractivity contribution in [2.75, 3.05) is 18.4 Å². The Morgan fingerprint density at radius 3 is 2.30 bits per heavy atom. The Hall–Kier alpha value is -1.30. The highest BCUT2D eigenvalue weighted by atomic mass is 35.5. The minimum absolute atomic E-state index is 0.0261. The van der Waals surface area contributed by atoms with Gasteiger partial charge in [0, 0.05) is 6.54 Å². The maximum absolute atomic E-state index is 11.8. The molecule has 1 rings (SSSR count). The molecule has 1 aromatic rings. The first-order chi connectivity index (χ1) is 9.24. The summed E-state index contributed by atoms with van der Waals surface area (Å²) in [5.41, 5.74) is 4.89. The SMILES string of the molecule is CC(C)(CNCC(=O)Nc1c(Cl)cccc1Cl)C(N)=O. The van der Waals surface area contributed by atoms with Gasteiger partial charge in [0.25, 0.3) is 0 Å². The number of carbonyl (C=O) groups is 2. The average Bonchev–Trinajstić information content (AvgIpc) is 2.33. The predicted octanol–water partition coefficient (Wildman–Crippen LogP) is 2.03. The summed E-state index contributed by atoms with van der Waals surface area (Å²) in [6, 6.07) is 4.95. The lowest BCUT2D eigenvalue weighted by Gasteiger charge is -2.20. The Bertz CT molecular complexity index is 498. The Labute approximate surface area is 127 Å². The van der Waals surface area contributed by atoms with Crippen LogP contribution in [-0.4, -0.2) is 24.9 Å². The van der Waals surface area contributed by atoms with Crippen molar-refractivity contribution in [2.45, 2.75) is 13.8 Å². The van der Waals surface area contributed by atoms with Crippen molar-refractivity contribution in [2.24, 2.45) is 11.1 Å². The van der Waals surface area contributed by atoms with E-state index in [1.54, 1.807) is 32.0 Å². The number of carbonyl (C=O) groups excluding carboxylic acids is 2. The molecule has 0 aliphatic rings. The molecule has 20 heavy (non-hydrogen) atoms. The highest BCUT2D eigenvalue weighted by Gasteiger charge is 2.24. The Balaban J connectivity index is 2.51. The fraction of sp³-hybridized carbons (Fsp3) is 0.385. The smallest absolute Gasteiger partial charge is 0.238 e. The van der Waals surface area contributed by atoms with Gasteiger partial charge in [-0.05, 0) is 26.0 Å². The Morgan fingerprint density at radius 2 is 1.80 bits per heavy atom. The van der Waals surface area contributed by atoms with Gasteiger partial charge >= 0.3 is 0 Å². The van der Waals surface area contributed by atoms with Crippen LogP contribution >= 0.6 is 23.2 Å². The molecule has 0 saturated carbocycles. The molecule has 0 spiro atoms. The number of benzene rings is 1. The topological polar surface area (TPSA) is 84.2 Å². The number of hydrogen-bond acceptors (Lipinski definition) is 3. The van der Waals surface area contributed by atoms with Gasteiger partial charge in [0.05, 0.1) is 27.7 Å². The van der Waals surface area contributed by atoms with Crippen molar-refractivity contribution in [3.63, 3.8) is 0 Å². The average molecular weight is 318 g/mol. The minimum Gasteiger partial charge on any atom is -0.369 e. The zero-order chi connectivity index (χ0) is 15.3. The van der Waals surface area contributed by atoms with Crippen LogP contribution in [0.1, 0.15) is 13.8 Å². The van der Waals surface area contributed by atoms with E-state index in [0.717, 1.165) is 0 Å². The molecule has 5 nitrogen and oxygen atoms in total. The van der Waals surface area contributed by atoms with Gasteiger partial charge in [0.1, 0.15) is 0 Å². The molecule has 0 saturated heterocycles. The molecular weight excluding hydrogens is 301 g/mol. The molecule has 2 amide bonds. The highest BCUT2D eigenvalue weighted by Crippen LogP contribution is 2.29. The molecule has 0 aliphatic heterocycles. The standard InChI is InChI=1S/C13H17Cl2N3O2/c1-13(2,12(16)20)7-17-6-10(19)18-11-8(14)4-3-5-9(11)15/h3-5,17H,6-7H2,1-2H3,(H2,16,20)(H,18,19). The van der Waals surface area contributed by atoms with Gasteiger partial charge in [0.2, 0.25) is 11.8 Å². The molecule has 0 fully saturated rings. The number of hydrogen-bond donors (Lipinski definition) is 3. The summed E-state index contributed by atoms with van der Waals surface area (Å²) in [6.07, 6.45) is 0. The van der Waals surface area contributed by atoms with E-state index in [-0.39, 0.29) is 12.5 Å². The van der Waals surface area contributed by atoms with Gasteiger partial charge in [-0.25, -0.2) is 0 Å². The Morgan fingerprint density at radius 1 is 1.25 bits per heavy atom. The van der Waals surface area contributed by atoms with E-state index in [4.69, 9.17) is 28.9 Å². The van der Waals surface area contributed by atoms with Gasteiger partial charge in [-0.2, -0.15) is 0 Å². The molecule has 0 radical (unpaired) electrons. The molecule has 7 heteroatoms. The number of para-hydroxylation sites is 1. The third kappa shape index (κ3) is 4.67. The molecule has 0 aromatic heterocycles. The van der Waals surface area contributed by atoms with Gasteiger partial charge in [-0.3, -0.25) is 9.59 Å². The third-order valence-corrected chi connectivity index (χ3v) is 3.38. The lowest BCUT2D eigenvalue weighted by Crippen LogP contribution is -2.42. The molecule has 0 aliphatic carbocycles. The van der Waals surface area contributed by atoms with E-state index in [1.807, 2.05) is 0 Å². The first-order valence-electron chi connectivity index (χ1n) is 5.98. The fourth-order valence-corrected chi connectivity index (χ4v) is 1.87. The van der Waals surface area contributed by atoms with Gasteiger partial charge in [-0.15, -0.1) is 0 Å². The summed E-state index contributed by atoms with van der Waals surface area (Å²) in [5, 5.41) is 6.21. The van der Waals surface area contributed by atoms with E-state index in [0.29, 0.717) is 22.3 Å². The molecule has 4 N–H and O–H groups in total. The van der Waals surface area contributed by atoms with Gasteiger partial charge in [-0.1, -0.05) is 29.3 Å². The van der Waals surface area contributed by atoms with E-state index >= 15 is 0 Å². The molecule has 0 atom stereocenters. The Kier molecular flexibility index (Phi) is 5.80. The van der Waals surface area contributed by atoms with Crippen molar-refractivity contribution in [3.05, 3.63) is 28.2 Å². The second kappa shape index (κ2) is 6.92. The molecule has 0 unspecified atom stereocenters. The van der Waals surface area contributed by atoms with Crippen molar-refractivity contribution < 1.29 is 9.59 Å². The van der Waals surface area contributed by atoms with Crippen LogP contribution in [0.5, 0.6) is 0 Å². The van der Waals surface area contributed by atoms with E-state index in [9.17, 15) is 9.59 Å². The van der Waals surface area contributed by atoms with E-state index in [2.05, 4.69) is 10.6 Å².